The van der Waals surface area contributed by atoms with Crippen LogP contribution in [0, 0.1) is 5.92 Å². The molecule has 0 aromatic heterocycles. The number of carbonyl (C=O) groups excluding carboxylic acids is 1. The van der Waals surface area contributed by atoms with Crippen LogP contribution in [0.4, 0.5) is 5.69 Å². The van der Waals surface area contributed by atoms with E-state index in [1.54, 1.807) is 0 Å². The first-order chi connectivity index (χ1) is 10.2. The SMILES string of the molecule is CC1CCCC(Nc2ccc(C(=O)NCCO)cc2)CC1. The Balaban J connectivity index is 1.88. The maximum absolute atomic E-state index is 11.7. The van der Waals surface area contributed by atoms with Crippen LogP contribution in [-0.2, 0) is 0 Å². The molecule has 1 saturated carbocycles. The molecule has 21 heavy (non-hydrogen) atoms. The summed E-state index contributed by atoms with van der Waals surface area (Å²) >= 11 is 0. The lowest BCUT2D eigenvalue weighted by molar-refractivity contribution is 0.0945. The first-order valence-corrected chi connectivity index (χ1v) is 7.94. The normalized spacial score (nSPS) is 22.4. The van der Waals surface area contributed by atoms with E-state index in [0.29, 0.717) is 18.2 Å². The molecule has 3 N–H and O–H groups in total. The van der Waals surface area contributed by atoms with E-state index >= 15 is 0 Å². The Bertz CT molecular complexity index is 445. The third-order valence-corrected chi connectivity index (χ3v) is 4.17. The third kappa shape index (κ3) is 5.05. The molecular formula is C17H26N2O2. The van der Waals surface area contributed by atoms with Gasteiger partial charge < -0.3 is 15.7 Å². The van der Waals surface area contributed by atoms with Gasteiger partial charge in [0.1, 0.15) is 0 Å². The number of aliphatic hydroxyl groups is 1. The molecule has 4 nitrogen and oxygen atoms in total. The van der Waals surface area contributed by atoms with Crippen LogP contribution in [-0.4, -0.2) is 30.2 Å². The standard InChI is InChI=1S/C17H26N2O2/c1-13-3-2-4-15(8-5-13)19-16-9-6-14(7-10-16)17(21)18-11-12-20/h6-7,9-10,13,15,19-20H,2-5,8,11-12H2,1H3,(H,18,21). The predicted molar refractivity (Wildman–Crippen MR) is 85.5 cm³/mol. The maximum Gasteiger partial charge on any atom is 0.251 e. The number of nitrogens with one attached hydrogen (secondary N) is 2. The molecule has 116 valence electrons. The molecule has 1 fully saturated rings. The Kier molecular flexibility index (Phi) is 6.05. The van der Waals surface area contributed by atoms with Gasteiger partial charge in [0.2, 0.25) is 0 Å². The highest BCUT2D eigenvalue weighted by Gasteiger charge is 2.16. The fourth-order valence-corrected chi connectivity index (χ4v) is 2.86. The summed E-state index contributed by atoms with van der Waals surface area (Å²) in [5, 5.41) is 14.9. The monoisotopic (exact) mass is 290 g/mol. The Morgan fingerprint density at radius 1 is 1.19 bits per heavy atom. The smallest absolute Gasteiger partial charge is 0.251 e. The van der Waals surface area contributed by atoms with Crippen molar-refractivity contribution in [1.82, 2.24) is 5.32 Å². The number of aliphatic hydroxyl groups excluding tert-OH is 1. The first-order valence-electron chi connectivity index (χ1n) is 7.94. The molecule has 2 unspecified atom stereocenters. The topological polar surface area (TPSA) is 61.4 Å². The minimum Gasteiger partial charge on any atom is -0.395 e. The number of amides is 1. The Labute approximate surface area is 126 Å². The van der Waals surface area contributed by atoms with Gasteiger partial charge in [-0.3, -0.25) is 4.79 Å². The molecule has 1 aliphatic rings. The fraction of sp³-hybridized carbons (Fsp3) is 0.588. The van der Waals surface area contributed by atoms with Gasteiger partial charge in [-0.1, -0.05) is 19.8 Å². The fourth-order valence-electron chi connectivity index (χ4n) is 2.86. The van der Waals surface area contributed by atoms with Gasteiger partial charge in [0.05, 0.1) is 6.61 Å². The molecule has 1 amide bonds. The van der Waals surface area contributed by atoms with Gasteiger partial charge in [-0.25, -0.2) is 0 Å². The van der Waals surface area contributed by atoms with Crippen LogP contribution in [0.5, 0.6) is 0 Å². The van der Waals surface area contributed by atoms with E-state index in [9.17, 15) is 4.79 Å². The summed E-state index contributed by atoms with van der Waals surface area (Å²) in [6, 6.07) is 8.12. The number of hydrogen-bond donors (Lipinski definition) is 3. The van der Waals surface area contributed by atoms with Crippen molar-refractivity contribution in [2.45, 2.75) is 45.1 Å². The van der Waals surface area contributed by atoms with E-state index in [0.717, 1.165) is 11.6 Å². The molecular weight excluding hydrogens is 264 g/mol. The summed E-state index contributed by atoms with van der Waals surface area (Å²) in [6.45, 7) is 2.59. The minimum atomic E-state index is -0.140. The molecule has 0 bridgehead atoms. The van der Waals surface area contributed by atoms with Gasteiger partial charge in [-0.2, -0.15) is 0 Å². The Morgan fingerprint density at radius 2 is 1.95 bits per heavy atom. The van der Waals surface area contributed by atoms with Crippen LogP contribution in [0.1, 0.15) is 49.4 Å². The first kappa shape index (κ1) is 15.8. The molecule has 4 heteroatoms. The molecule has 0 saturated heterocycles. The van der Waals surface area contributed by atoms with Crippen molar-refractivity contribution in [3.05, 3.63) is 29.8 Å². The highest BCUT2D eigenvalue weighted by molar-refractivity contribution is 5.94. The summed E-state index contributed by atoms with van der Waals surface area (Å²) in [7, 11) is 0. The molecule has 0 spiro atoms. The number of rotatable bonds is 5. The van der Waals surface area contributed by atoms with Crippen molar-refractivity contribution >= 4 is 11.6 Å². The van der Waals surface area contributed by atoms with Crippen LogP contribution in [0.3, 0.4) is 0 Å². The molecule has 0 radical (unpaired) electrons. The zero-order valence-electron chi connectivity index (χ0n) is 12.8. The second-order valence-electron chi connectivity index (χ2n) is 6.01. The van der Waals surface area contributed by atoms with Crippen LogP contribution in [0.2, 0.25) is 0 Å². The summed E-state index contributed by atoms with van der Waals surface area (Å²) < 4.78 is 0. The van der Waals surface area contributed by atoms with E-state index in [-0.39, 0.29) is 12.5 Å². The van der Waals surface area contributed by atoms with Crippen LogP contribution < -0.4 is 10.6 Å². The summed E-state index contributed by atoms with van der Waals surface area (Å²) in [6.07, 6.45) is 6.37. The number of benzene rings is 1. The third-order valence-electron chi connectivity index (χ3n) is 4.17. The van der Waals surface area contributed by atoms with Gasteiger partial charge in [0.25, 0.3) is 5.91 Å². The summed E-state index contributed by atoms with van der Waals surface area (Å²) in [4.78, 5) is 11.7. The highest BCUT2D eigenvalue weighted by atomic mass is 16.3. The Morgan fingerprint density at radius 3 is 2.67 bits per heavy atom. The average molecular weight is 290 g/mol. The second-order valence-corrected chi connectivity index (χ2v) is 6.01. The number of anilines is 1. The lowest BCUT2D eigenvalue weighted by atomic mass is 10.0. The molecule has 1 aliphatic carbocycles. The van der Waals surface area contributed by atoms with Crippen molar-refractivity contribution in [3.63, 3.8) is 0 Å². The van der Waals surface area contributed by atoms with Gasteiger partial charge in [-0.05, 0) is 49.4 Å². The van der Waals surface area contributed by atoms with E-state index in [1.165, 1.54) is 32.1 Å². The molecule has 2 rings (SSSR count). The minimum absolute atomic E-state index is 0.0362. The van der Waals surface area contributed by atoms with E-state index in [4.69, 9.17) is 5.11 Å². The van der Waals surface area contributed by atoms with Crippen LogP contribution in [0.15, 0.2) is 24.3 Å². The zero-order chi connectivity index (χ0) is 15.1. The molecule has 1 aromatic rings. The van der Waals surface area contributed by atoms with Crippen molar-refractivity contribution in [1.29, 1.82) is 0 Å². The van der Waals surface area contributed by atoms with Gasteiger partial charge in [0.15, 0.2) is 0 Å². The quantitative estimate of drug-likeness (QED) is 0.731. The number of carbonyl (C=O) groups is 1. The van der Waals surface area contributed by atoms with Crippen molar-refractivity contribution in [2.75, 3.05) is 18.5 Å². The van der Waals surface area contributed by atoms with Crippen LogP contribution in [0.25, 0.3) is 0 Å². The molecule has 0 heterocycles. The highest BCUT2D eigenvalue weighted by Crippen LogP contribution is 2.25. The second kappa shape index (κ2) is 8.03. The van der Waals surface area contributed by atoms with Crippen molar-refractivity contribution in [3.8, 4) is 0 Å². The largest absolute Gasteiger partial charge is 0.395 e. The van der Waals surface area contributed by atoms with Gasteiger partial charge in [0, 0.05) is 23.8 Å². The molecule has 2 atom stereocenters. The molecule has 0 aliphatic heterocycles. The van der Waals surface area contributed by atoms with E-state index in [2.05, 4.69) is 17.6 Å². The summed E-state index contributed by atoms with van der Waals surface area (Å²) in [5.74, 6) is 0.702. The van der Waals surface area contributed by atoms with Crippen molar-refractivity contribution in [2.24, 2.45) is 5.92 Å². The summed E-state index contributed by atoms with van der Waals surface area (Å²) in [5.41, 5.74) is 1.71. The van der Waals surface area contributed by atoms with Gasteiger partial charge in [-0.15, -0.1) is 0 Å². The lowest BCUT2D eigenvalue weighted by Crippen LogP contribution is -2.26. The van der Waals surface area contributed by atoms with Crippen LogP contribution >= 0.6 is 0 Å². The van der Waals surface area contributed by atoms with E-state index in [1.807, 2.05) is 24.3 Å². The maximum atomic E-state index is 11.7. The molecule has 1 aromatic carbocycles. The van der Waals surface area contributed by atoms with Gasteiger partial charge >= 0.3 is 0 Å². The average Bonchev–Trinajstić information content (AvgIpc) is 2.70. The Hall–Kier alpha value is -1.55. The lowest BCUT2D eigenvalue weighted by Gasteiger charge is -2.18. The van der Waals surface area contributed by atoms with E-state index < -0.39 is 0 Å². The predicted octanol–water partition coefficient (Wildman–Crippen LogP) is 2.79. The zero-order valence-corrected chi connectivity index (χ0v) is 12.8. The number of hydrogen-bond acceptors (Lipinski definition) is 3. The van der Waals surface area contributed by atoms with Crippen molar-refractivity contribution < 1.29 is 9.90 Å².